The van der Waals surface area contributed by atoms with Crippen LogP contribution in [-0.2, 0) is 11.2 Å². The Hall–Kier alpha value is -0.480. The summed E-state index contributed by atoms with van der Waals surface area (Å²) in [6, 6.07) is 4.14. The van der Waals surface area contributed by atoms with E-state index in [2.05, 4.69) is 24.1 Å². The highest BCUT2D eigenvalue weighted by molar-refractivity contribution is 7.80. The second-order valence-corrected chi connectivity index (χ2v) is 4.60. The van der Waals surface area contributed by atoms with Crippen molar-refractivity contribution in [1.29, 1.82) is 0 Å². The molecule has 0 atom stereocenters. The van der Waals surface area contributed by atoms with Crippen molar-refractivity contribution >= 4 is 29.9 Å². The molecule has 0 aliphatic rings. The van der Waals surface area contributed by atoms with Crippen LogP contribution in [0.2, 0.25) is 0 Å². The predicted molar refractivity (Wildman–Crippen MR) is 64.1 cm³/mol. The normalized spacial score (nSPS) is 10.1. The summed E-state index contributed by atoms with van der Waals surface area (Å²) in [7, 11) is 1.85. The van der Waals surface area contributed by atoms with E-state index in [0.717, 1.165) is 13.0 Å². The first kappa shape index (κ1) is 11.6. The minimum Gasteiger partial charge on any atom is -0.345 e. The van der Waals surface area contributed by atoms with Gasteiger partial charge in [-0.25, -0.2) is 0 Å². The molecule has 78 valence electrons. The van der Waals surface area contributed by atoms with Crippen LogP contribution in [0.1, 0.15) is 11.3 Å². The van der Waals surface area contributed by atoms with E-state index in [9.17, 15) is 4.79 Å². The Balaban J connectivity index is 2.27. The third-order valence-electron chi connectivity index (χ3n) is 2.03. The molecule has 1 aromatic rings. The van der Waals surface area contributed by atoms with Crippen molar-refractivity contribution in [1.82, 2.24) is 4.90 Å². The average molecular weight is 229 g/mol. The summed E-state index contributed by atoms with van der Waals surface area (Å²) in [5.41, 5.74) is 0. The van der Waals surface area contributed by atoms with Crippen molar-refractivity contribution in [3.05, 3.63) is 22.4 Å². The molecule has 0 spiro atoms. The first-order chi connectivity index (χ1) is 6.74. The Kier molecular flexibility index (Phi) is 5.04. The molecule has 0 aliphatic carbocycles. The molecule has 1 rings (SSSR count). The Morgan fingerprint density at radius 2 is 2.43 bits per heavy atom. The van der Waals surface area contributed by atoms with Crippen LogP contribution in [0.5, 0.6) is 0 Å². The van der Waals surface area contributed by atoms with Crippen LogP contribution in [-0.4, -0.2) is 30.2 Å². The maximum Gasteiger partial charge on any atom is 0.223 e. The highest BCUT2D eigenvalue weighted by Gasteiger charge is 2.07. The highest BCUT2D eigenvalue weighted by atomic mass is 32.1. The molecule has 1 heterocycles. The number of carbonyl (C=O) groups is 1. The van der Waals surface area contributed by atoms with Crippen molar-refractivity contribution in [3.8, 4) is 0 Å². The monoisotopic (exact) mass is 229 g/mol. The van der Waals surface area contributed by atoms with Crippen LogP contribution >= 0.6 is 24.0 Å². The second-order valence-electron chi connectivity index (χ2n) is 3.12. The lowest BCUT2D eigenvalue weighted by molar-refractivity contribution is -0.129. The second kappa shape index (κ2) is 6.09. The molecular formula is C10H15NOS2. The molecule has 0 N–H and O–H groups in total. The van der Waals surface area contributed by atoms with Crippen molar-refractivity contribution in [2.45, 2.75) is 12.8 Å². The molecule has 0 aromatic carbocycles. The Labute approximate surface area is 94.3 Å². The fourth-order valence-electron chi connectivity index (χ4n) is 1.14. The predicted octanol–water partition coefficient (Wildman–Crippen LogP) is 2.07. The lowest BCUT2D eigenvalue weighted by Crippen LogP contribution is -2.28. The van der Waals surface area contributed by atoms with Gasteiger partial charge in [0.2, 0.25) is 5.91 Å². The van der Waals surface area contributed by atoms with E-state index < -0.39 is 0 Å². The van der Waals surface area contributed by atoms with E-state index in [1.807, 2.05) is 13.1 Å². The smallest absolute Gasteiger partial charge is 0.223 e. The van der Waals surface area contributed by atoms with Gasteiger partial charge in [0.15, 0.2) is 0 Å². The van der Waals surface area contributed by atoms with Gasteiger partial charge in [-0.15, -0.1) is 11.3 Å². The van der Waals surface area contributed by atoms with Crippen LogP contribution < -0.4 is 0 Å². The molecule has 0 aliphatic heterocycles. The van der Waals surface area contributed by atoms with Crippen LogP contribution in [0.3, 0.4) is 0 Å². The molecule has 1 aromatic heterocycles. The number of carbonyl (C=O) groups excluding carboxylic acids is 1. The lowest BCUT2D eigenvalue weighted by Gasteiger charge is -2.15. The van der Waals surface area contributed by atoms with E-state index in [1.165, 1.54) is 4.88 Å². The first-order valence-corrected chi connectivity index (χ1v) is 6.12. The molecule has 0 unspecified atom stereocenters. The summed E-state index contributed by atoms with van der Waals surface area (Å²) in [5.74, 6) is 0.805. The molecule has 0 fully saturated rings. The molecule has 0 bridgehead atoms. The summed E-state index contributed by atoms with van der Waals surface area (Å²) < 4.78 is 0. The van der Waals surface area contributed by atoms with Crippen molar-refractivity contribution in [3.63, 3.8) is 0 Å². The topological polar surface area (TPSA) is 20.3 Å². The molecule has 4 heteroatoms. The zero-order valence-electron chi connectivity index (χ0n) is 8.27. The average Bonchev–Trinajstić information content (AvgIpc) is 2.67. The number of thiol groups is 1. The molecule has 0 saturated heterocycles. The van der Waals surface area contributed by atoms with E-state index in [-0.39, 0.29) is 5.91 Å². The standard InChI is InChI=1S/C10H15NOS2/c1-11(10(12)5-7-13)6-4-9-3-2-8-14-9/h2-3,8,13H,4-7H2,1H3. The van der Waals surface area contributed by atoms with Gasteiger partial charge in [-0.2, -0.15) is 12.6 Å². The fourth-order valence-corrected chi connectivity index (χ4v) is 2.03. The molecule has 0 saturated carbocycles. The molecule has 1 amide bonds. The van der Waals surface area contributed by atoms with E-state index >= 15 is 0 Å². The van der Waals surface area contributed by atoms with Gasteiger partial charge in [0.05, 0.1) is 0 Å². The Bertz CT molecular complexity index is 272. The Morgan fingerprint density at radius 1 is 1.64 bits per heavy atom. The van der Waals surface area contributed by atoms with E-state index in [1.54, 1.807) is 16.2 Å². The fraction of sp³-hybridized carbons (Fsp3) is 0.500. The van der Waals surface area contributed by atoms with Crippen molar-refractivity contribution in [2.24, 2.45) is 0 Å². The molecule has 0 radical (unpaired) electrons. The third-order valence-corrected chi connectivity index (χ3v) is 3.18. The zero-order valence-corrected chi connectivity index (χ0v) is 9.98. The third kappa shape index (κ3) is 3.72. The summed E-state index contributed by atoms with van der Waals surface area (Å²) in [6.45, 7) is 0.799. The van der Waals surface area contributed by atoms with Crippen LogP contribution in [0.15, 0.2) is 17.5 Å². The largest absolute Gasteiger partial charge is 0.345 e. The minimum absolute atomic E-state index is 0.177. The van der Waals surface area contributed by atoms with Gasteiger partial charge in [-0.05, 0) is 23.6 Å². The van der Waals surface area contributed by atoms with Crippen molar-refractivity contribution < 1.29 is 4.79 Å². The molecule has 2 nitrogen and oxygen atoms in total. The number of hydrogen-bond donors (Lipinski definition) is 1. The number of rotatable bonds is 5. The lowest BCUT2D eigenvalue weighted by atomic mass is 10.3. The maximum absolute atomic E-state index is 11.4. The first-order valence-electron chi connectivity index (χ1n) is 4.61. The van der Waals surface area contributed by atoms with Gasteiger partial charge < -0.3 is 4.90 Å². The maximum atomic E-state index is 11.4. The summed E-state index contributed by atoms with van der Waals surface area (Å²) in [4.78, 5) is 14.5. The van der Waals surface area contributed by atoms with Gasteiger partial charge in [-0.1, -0.05) is 6.07 Å². The number of nitrogens with zero attached hydrogens (tertiary/aromatic N) is 1. The number of amides is 1. The van der Waals surface area contributed by atoms with Gasteiger partial charge in [0.1, 0.15) is 0 Å². The number of likely N-dealkylation sites (N-methyl/N-ethyl adjacent to an activating group) is 1. The van der Waals surface area contributed by atoms with Crippen molar-refractivity contribution in [2.75, 3.05) is 19.3 Å². The Morgan fingerprint density at radius 3 is 3.00 bits per heavy atom. The summed E-state index contributed by atoms with van der Waals surface area (Å²) in [6.07, 6.45) is 1.48. The minimum atomic E-state index is 0.177. The van der Waals surface area contributed by atoms with Gasteiger partial charge in [-0.3, -0.25) is 4.79 Å². The number of hydrogen-bond acceptors (Lipinski definition) is 3. The zero-order chi connectivity index (χ0) is 10.4. The van der Waals surface area contributed by atoms with E-state index in [4.69, 9.17) is 0 Å². The molecule has 14 heavy (non-hydrogen) atoms. The van der Waals surface area contributed by atoms with Crippen LogP contribution in [0, 0.1) is 0 Å². The van der Waals surface area contributed by atoms with Crippen LogP contribution in [0.4, 0.5) is 0 Å². The van der Waals surface area contributed by atoms with Gasteiger partial charge >= 0.3 is 0 Å². The van der Waals surface area contributed by atoms with E-state index in [0.29, 0.717) is 12.2 Å². The summed E-state index contributed by atoms with van der Waals surface area (Å²) in [5, 5.41) is 2.06. The van der Waals surface area contributed by atoms with Gasteiger partial charge in [0.25, 0.3) is 0 Å². The SMILES string of the molecule is CN(CCc1cccs1)C(=O)CCS. The summed E-state index contributed by atoms with van der Waals surface area (Å²) >= 11 is 5.77. The van der Waals surface area contributed by atoms with Gasteiger partial charge in [0, 0.05) is 24.9 Å². The van der Waals surface area contributed by atoms with Crippen LogP contribution in [0.25, 0.3) is 0 Å². The number of thiophene rings is 1. The molecular weight excluding hydrogens is 214 g/mol. The quantitative estimate of drug-likeness (QED) is 0.766. The highest BCUT2D eigenvalue weighted by Crippen LogP contribution is 2.09.